The third-order valence-electron chi connectivity index (χ3n) is 3.96. The minimum absolute atomic E-state index is 0.527. The van der Waals surface area contributed by atoms with E-state index >= 15 is 0 Å². The molecule has 2 N–H and O–H groups in total. The lowest BCUT2D eigenvalue weighted by molar-refractivity contribution is 0.145. The number of aliphatic imine (C=N–C) groups is 1. The quantitative estimate of drug-likeness (QED) is 0.359. The Morgan fingerprint density at radius 3 is 2.74 bits per heavy atom. The molecular formula is C21H31N3O3. The molecule has 6 nitrogen and oxygen atoms in total. The molecule has 0 aliphatic heterocycles. The van der Waals surface area contributed by atoms with Crippen LogP contribution in [0, 0.1) is 6.92 Å². The van der Waals surface area contributed by atoms with Gasteiger partial charge in [0.25, 0.3) is 0 Å². The summed E-state index contributed by atoms with van der Waals surface area (Å²) >= 11 is 0. The molecule has 6 heteroatoms. The highest BCUT2D eigenvalue weighted by Crippen LogP contribution is 2.21. The van der Waals surface area contributed by atoms with Gasteiger partial charge in [-0.2, -0.15) is 0 Å². The summed E-state index contributed by atoms with van der Waals surface area (Å²) in [5.41, 5.74) is 2.22. The summed E-state index contributed by atoms with van der Waals surface area (Å²) < 4.78 is 16.3. The lowest BCUT2D eigenvalue weighted by atomic mass is 10.1. The van der Waals surface area contributed by atoms with Crippen LogP contribution in [0.5, 0.6) is 5.75 Å². The zero-order valence-electron chi connectivity index (χ0n) is 16.6. The SMILES string of the molecule is CCCNC(=NCc1ccc(C)cc1OCCOC)NCCc1ccco1. The van der Waals surface area contributed by atoms with Gasteiger partial charge in [0.1, 0.15) is 18.1 Å². The highest BCUT2D eigenvalue weighted by Gasteiger charge is 2.06. The molecule has 0 radical (unpaired) electrons. The second-order valence-electron chi connectivity index (χ2n) is 6.30. The number of methoxy groups -OCH3 is 1. The van der Waals surface area contributed by atoms with Crippen LogP contribution in [0.4, 0.5) is 0 Å². The molecule has 1 heterocycles. The van der Waals surface area contributed by atoms with E-state index < -0.39 is 0 Å². The van der Waals surface area contributed by atoms with Crippen molar-refractivity contribution in [1.82, 2.24) is 10.6 Å². The van der Waals surface area contributed by atoms with Gasteiger partial charge in [-0.15, -0.1) is 0 Å². The van der Waals surface area contributed by atoms with Gasteiger partial charge in [-0.05, 0) is 37.1 Å². The van der Waals surface area contributed by atoms with Crippen molar-refractivity contribution in [3.8, 4) is 5.75 Å². The van der Waals surface area contributed by atoms with Crippen LogP contribution in [0.25, 0.3) is 0 Å². The predicted molar refractivity (Wildman–Crippen MR) is 108 cm³/mol. The zero-order chi connectivity index (χ0) is 19.3. The Labute approximate surface area is 162 Å². The largest absolute Gasteiger partial charge is 0.491 e. The van der Waals surface area contributed by atoms with E-state index in [4.69, 9.17) is 18.9 Å². The molecule has 1 aromatic carbocycles. The second-order valence-corrected chi connectivity index (χ2v) is 6.30. The number of ether oxygens (including phenoxy) is 2. The van der Waals surface area contributed by atoms with Crippen LogP contribution in [0.15, 0.2) is 46.0 Å². The molecular weight excluding hydrogens is 342 g/mol. The van der Waals surface area contributed by atoms with Crippen molar-refractivity contribution in [2.45, 2.75) is 33.2 Å². The molecule has 148 valence electrons. The second kappa shape index (κ2) is 12.0. The maximum absolute atomic E-state index is 5.85. The van der Waals surface area contributed by atoms with E-state index in [9.17, 15) is 0 Å². The van der Waals surface area contributed by atoms with Gasteiger partial charge in [0, 0.05) is 32.2 Å². The van der Waals surface area contributed by atoms with Gasteiger partial charge < -0.3 is 24.5 Å². The molecule has 2 aromatic rings. The van der Waals surface area contributed by atoms with Crippen molar-refractivity contribution >= 4 is 5.96 Å². The Morgan fingerprint density at radius 2 is 2.00 bits per heavy atom. The molecule has 0 aliphatic rings. The van der Waals surface area contributed by atoms with Gasteiger partial charge in [0.15, 0.2) is 5.96 Å². The van der Waals surface area contributed by atoms with E-state index in [0.29, 0.717) is 19.8 Å². The first kappa shape index (κ1) is 20.8. The number of rotatable bonds is 11. The minimum Gasteiger partial charge on any atom is -0.491 e. The number of nitrogens with zero attached hydrogens (tertiary/aromatic N) is 1. The molecule has 0 unspecified atom stereocenters. The minimum atomic E-state index is 0.527. The van der Waals surface area contributed by atoms with E-state index in [1.807, 2.05) is 18.2 Å². The molecule has 2 rings (SSSR count). The van der Waals surface area contributed by atoms with Crippen LogP contribution in [0.1, 0.15) is 30.2 Å². The number of aryl methyl sites for hydroxylation is 1. The van der Waals surface area contributed by atoms with E-state index in [1.54, 1.807) is 13.4 Å². The maximum atomic E-state index is 5.85. The zero-order valence-corrected chi connectivity index (χ0v) is 16.6. The van der Waals surface area contributed by atoms with Crippen LogP contribution in [0.2, 0.25) is 0 Å². The van der Waals surface area contributed by atoms with Crippen LogP contribution >= 0.6 is 0 Å². The van der Waals surface area contributed by atoms with Gasteiger partial charge in [0.05, 0.1) is 19.4 Å². The smallest absolute Gasteiger partial charge is 0.191 e. The third-order valence-corrected chi connectivity index (χ3v) is 3.96. The predicted octanol–water partition coefficient (Wildman–Crippen LogP) is 3.30. The van der Waals surface area contributed by atoms with Crippen molar-refractivity contribution in [2.24, 2.45) is 4.99 Å². The summed E-state index contributed by atoms with van der Waals surface area (Å²) in [4.78, 5) is 4.72. The highest BCUT2D eigenvalue weighted by molar-refractivity contribution is 5.79. The lowest BCUT2D eigenvalue weighted by Gasteiger charge is -2.14. The van der Waals surface area contributed by atoms with Crippen molar-refractivity contribution in [3.63, 3.8) is 0 Å². The molecule has 27 heavy (non-hydrogen) atoms. The van der Waals surface area contributed by atoms with Crippen LogP contribution in [0.3, 0.4) is 0 Å². The first-order chi connectivity index (χ1) is 13.2. The van der Waals surface area contributed by atoms with Crippen molar-refractivity contribution in [1.29, 1.82) is 0 Å². The average molecular weight is 373 g/mol. The standard InChI is InChI=1S/C21H31N3O3/c1-4-10-22-21(23-11-9-19-6-5-12-26-19)24-16-18-8-7-17(2)15-20(18)27-14-13-25-3/h5-8,12,15H,4,9-11,13-14,16H2,1-3H3,(H2,22,23,24). The van der Waals surface area contributed by atoms with E-state index in [1.165, 1.54) is 0 Å². The summed E-state index contributed by atoms with van der Waals surface area (Å²) in [5, 5.41) is 6.71. The number of benzene rings is 1. The Morgan fingerprint density at radius 1 is 1.15 bits per heavy atom. The summed E-state index contributed by atoms with van der Waals surface area (Å²) in [6.07, 6.45) is 3.55. The van der Waals surface area contributed by atoms with Gasteiger partial charge in [-0.3, -0.25) is 0 Å². The van der Waals surface area contributed by atoms with Crippen LogP contribution in [-0.4, -0.2) is 39.4 Å². The molecule has 1 aromatic heterocycles. The summed E-state index contributed by atoms with van der Waals surface area (Å²) in [5.74, 6) is 2.62. The molecule has 0 fully saturated rings. The van der Waals surface area contributed by atoms with Crippen molar-refractivity contribution in [2.75, 3.05) is 33.4 Å². The maximum Gasteiger partial charge on any atom is 0.191 e. The first-order valence-electron chi connectivity index (χ1n) is 9.48. The first-order valence-corrected chi connectivity index (χ1v) is 9.48. The lowest BCUT2D eigenvalue weighted by Crippen LogP contribution is -2.38. The number of nitrogens with one attached hydrogen (secondary N) is 2. The average Bonchev–Trinajstić information content (AvgIpc) is 3.18. The van der Waals surface area contributed by atoms with Gasteiger partial charge in [0.2, 0.25) is 0 Å². The summed E-state index contributed by atoms with van der Waals surface area (Å²) in [6, 6.07) is 10.1. The van der Waals surface area contributed by atoms with Crippen LogP contribution < -0.4 is 15.4 Å². The normalized spacial score (nSPS) is 11.4. The fourth-order valence-electron chi connectivity index (χ4n) is 2.50. The highest BCUT2D eigenvalue weighted by atomic mass is 16.5. The fourth-order valence-corrected chi connectivity index (χ4v) is 2.50. The van der Waals surface area contributed by atoms with Gasteiger partial charge in [-0.25, -0.2) is 4.99 Å². The number of guanidine groups is 1. The van der Waals surface area contributed by atoms with Crippen LogP contribution in [-0.2, 0) is 17.7 Å². The van der Waals surface area contributed by atoms with Crippen molar-refractivity contribution in [3.05, 3.63) is 53.5 Å². The van der Waals surface area contributed by atoms with E-state index in [0.717, 1.165) is 54.5 Å². The number of hydrogen-bond donors (Lipinski definition) is 2. The Balaban J connectivity index is 1.98. The summed E-state index contributed by atoms with van der Waals surface area (Å²) in [6.45, 7) is 7.46. The van der Waals surface area contributed by atoms with Gasteiger partial charge in [-0.1, -0.05) is 19.1 Å². The molecule has 0 bridgehead atoms. The summed E-state index contributed by atoms with van der Waals surface area (Å²) in [7, 11) is 1.67. The van der Waals surface area contributed by atoms with E-state index in [2.05, 4.69) is 36.6 Å². The number of furan rings is 1. The third kappa shape index (κ3) is 7.74. The topological polar surface area (TPSA) is 68.0 Å². The molecule has 0 atom stereocenters. The molecule has 0 amide bonds. The Bertz CT molecular complexity index is 684. The number of hydrogen-bond acceptors (Lipinski definition) is 4. The molecule has 0 saturated heterocycles. The Hall–Kier alpha value is -2.47. The van der Waals surface area contributed by atoms with Crippen molar-refractivity contribution < 1.29 is 13.9 Å². The molecule has 0 aliphatic carbocycles. The van der Waals surface area contributed by atoms with E-state index in [-0.39, 0.29) is 0 Å². The fraction of sp³-hybridized carbons (Fsp3) is 0.476. The monoisotopic (exact) mass is 373 g/mol. The van der Waals surface area contributed by atoms with Gasteiger partial charge >= 0.3 is 0 Å². The molecule has 0 spiro atoms. The molecule has 0 saturated carbocycles. The Kier molecular flexibility index (Phi) is 9.27.